The van der Waals surface area contributed by atoms with Crippen LogP contribution in [-0.4, -0.2) is 41.6 Å². The van der Waals surface area contributed by atoms with Gasteiger partial charge in [-0.3, -0.25) is 9.59 Å². The zero-order valence-corrected chi connectivity index (χ0v) is 18.1. The minimum atomic E-state index is -0.447. The van der Waals surface area contributed by atoms with Crippen LogP contribution >= 0.6 is 12.4 Å². The summed E-state index contributed by atoms with van der Waals surface area (Å²) in [5.74, 6) is 0.144. The fraction of sp³-hybridized carbons (Fsp3) is 0.478. The SMILES string of the molecule is Cl.Cn1ccc(C2CCN(C(=O)c3cc(CC4CCNC4)ccc3F)CC2)cc1=O. The van der Waals surface area contributed by atoms with E-state index in [-0.39, 0.29) is 35.4 Å². The van der Waals surface area contributed by atoms with Crippen LogP contribution in [0.15, 0.2) is 41.3 Å². The molecular formula is C23H29ClFN3O2. The number of halogens is 2. The molecule has 0 saturated carbocycles. The van der Waals surface area contributed by atoms with Crippen molar-refractivity contribution in [1.82, 2.24) is 14.8 Å². The lowest BCUT2D eigenvalue weighted by atomic mass is 9.89. The van der Waals surface area contributed by atoms with Crippen LogP contribution in [0.5, 0.6) is 0 Å². The van der Waals surface area contributed by atoms with Gasteiger partial charge in [-0.25, -0.2) is 4.39 Å². The summed E-state index contributed by atoms with van der Waals surface area (Å²) in [6, 6.07) is 8.63. The second-order valence-corrected chi connectivity index (χ2v) is 8.35. The number of likely N-dealkylation sites (tertiary alicyclic amines) is 1. The van der Waals surface area contributed by atoms with Crippen molar-refractivity contribution in [1.29, 1.82) is 0 Å². The summed E-state index contributed by atoms with van der Waals surface area (Å²) in [4.78, 5) is 26.6. The third-order valence-electron chi connectivity index (χ3n) is 6.33. The van der Waals surface area contributed by atoms with E-state index >= 15 is 0 Å². The quantitative estimate of drug-likeness (QED) is 0.806. The normalized spacial score (nSPS) is 19.5. The van der Waals surface area contributed by atoms with E-state index in [1.807, 2.05) is 6.07 Å². The second kappa shape index (κ2) is 9.75. The van der Waals surface area contributed by atoms with Gasteiger partial charge in [0, 0.05) is 32.4 Å². The first kappa shape index (κ1) is 22.5. The molecule has 3 heterocycles. The van der Waals surface area contributed by atoms with Gasteiger partial charge < -0.3 is 14.8 Å². The minimum Gasteiger partial charge on any atom is -0.339 e. The summed E-state index contributed by atoms with van der Waals surface area (Å²) < 4.78 is 16.0. The Kier molecular flexibility index (Phi) is 7.32. The highest BCUT2D eigenvalue weighted by molar-refractivity contribution is 5.94. The second-order valence-electron chi connectivity index (χ2n) is 8.35. The smallest absolute Gasteiger partial charge is 0.256 e. The van der Waals surface area contributed by atoms with Gasteiger partial charge in [0.1, 0.15) is 5.82 Å². The maximum Gasteiger partial charge on any atom is 0.256 e. The fourth-order valence-corrected chi connectivity index (χ4v) is 4.49. The van der Waals surface area contributed by atoms with Crippen molar-refractivity contribution in [2.24, 2.45) is 13.0 Å². The number of hydrogen-bond acceptors (Lipinski definition) is 3. The van der Waals surface area contributed by atoms with Gasteiger partial charge in [0.05, 0.1) is 5.56 Å². The lowest BCUT2D eigenvalue weighted by molar-refractivity contribution is 0.0708. The van der Waals surface area contributed by atoms with Crippen LogP contribution in [0, 0.1) is 11.7 Å². The maximum atomic E-state index is 14.4. The molecule has 1 amide bonds. The van der Waals surface area contributed by atoms with E-state index in [1.54, 1.807) is 40.9 Å². The summed E-state index contributed by atoms with van der Waals surface area (Å²) in [6.45, 7) is 3.17. The molecule has 4 rings (SSSR count). The summed E-state index contributed by atoms with van der Waals surface area (Å²) in [5.41, 5.74) is 2.22. The van der Waals surface area contributed by atoms with E-state index in [4.69, 9.17) is 0 Å². The first-order chi connectivity index (χ1) is 14.0. The van der Waals surface area contributed by atoms with E-state index in [0.29, 0.717) is 19.0 Å². The van der Waals surface area contributed by atoms with Crippen LogP contribution < -0.4 is 10.9 Å². The van der Waals surface area contributed by atoms with Crippen molar-refractivity contribution in [3.05, 3.63) is 69.4 Å². The number of carbonyl (C=O) groups is 1. The number of nitrogens with zero attached hydrogens (tertiary/aromatic N) is 2. The van der Waals surface area contributed by atoms with Crippen molar-refractivity contribution in [3.63, 3.8) is 0 Å². The highest BCUT2D eigenvalue weighted by atomic mass is 35.5. The first-order valence-electron chi connectivity index (χ1n) is 10.5. The van der Waals surface area contributed by atoms with Gasteiger partial charge in [0.25, 0.3) is 11.5 Å². The number of pyridine rings is 1. The molecular weight excluding hydrogens is 405 g/mol. The van der Waals surface area contributed by atoms with Gasteiger partial charge in [0.2, 0.25) is 0 Å². The standard InChI is InChI=1S/C23H28FN3O2.ClH/c1-26-9-5-19(14-22(26)28)18-6-10-27(11-7-18)23(29)20-13-16(2-3-21(20)24)12-17-4-8-25-15-17;/h2-3,5,9,13-14,17-18,25H,4,6-8,10-12,15H2,1H3;1H. The number of rotatable bonds is 4. The van der Waals surface area contributed by atoms with Gasteiger partial charge >= 0.3 is 0 Å². The number of benzene rings is 1. The molecule has 7 heteroatoms. The largest absolute Gasteiger partial charge is 0.339 e. The monoisotopic (exact) mass is 433 g/mol. The number of aryl methyl sites for hydroxylation is 1. The molecule has 1 N–H and O–H groups in total. The summed E-state index contributed by atoms with van der Waals surface area (Å²) in [7, 11) is 1.74. The van der Waals surface area contributed by atoms with Crippen LogP contribution in [0.1, 0.15) is 46.7 Å². The third-order valence-corrected chi connectivity index (χ3v) is 6.33. The van der Waals surface area contributed by atoms with E-state index in [1.165, 1.54) is 6.07 Å². The van der Waals surface area contributed by atoms with Crippen LogP contribution in [0.3, 0.4) is 0 Å². The van der Waals surface area contributed by atoms with Gasteiger partial charge in [-0.05, 0) is 79.9 Å². The molecule has 0 aliphatic carbocycles. The summed E-state index contributed by atoms with van der Waals surface area (Å²) in [6.07, 6.45) is 5.35. The molecule has 30 heavy (non-hydrogen) atoms. The Hall–Kier alpha value is -2.18. The molecule has 1 aromatic carbocycles. The molecule has 2 fully saturated rings. The van der Waals surface area contributed by atoms with E-state index < -0.39 is 5.82 Å². The van der Waals surface area contributed by atoms with E-state index in [9.17, 15) is 14.0 Å². The first-order valence-corrected chi connectivity index (χ1v) is 10.5. The van der Waals surface area contributed by atoms with Crippen molar-refractivity contribution < 1.29 is 9.18 Å². The van der Waals surface area contributed by atoms with Crippen LogP contribution in [0.4, 0.5) is 4.39 Å². The minimum absolute atomic E-state index is 0. The molecule has 2 aliphatic rings. The Labute approximate surface area is 182 Å². The highest BCUT2D eigenvalue weighted by Gasteiger charge is 2.27. The van der Waals surface area contributed by atoms with Crippen molar-refractivity contribution in [2.75, 3.05) is 26.2 Å². The number of aromatic nitrogens is 1. The molecule has 1 aromatic heterocycles. The van der Waals surface area contributed by atoms with Gasteiger partial charge in [-0.2, -0.15) is 0 Å². The molecule has 162 valence electrons. The number of carbonyl (C=O) groups excluding carboxylic acids is 1. The Balaban J connectivity index is 0.00000256. The Bertz CT molecular complexity index is 948. The molecule has 2 aliphatic heterocycles. The average molecular weight is 434 g/mol. The number of piperidine rings is 1. The molecule has 0 radical (unpaired) electrons. The van der Waals surface area contributed by atoms with Gasteiger partial charge in [-0.1, -0.05) is 6.07 Å². The van der Waals surface area contributed by atoms with E-state index in [2.05, 4.69) is 5.32 Å². The molecule has 0 spiro atoms. The molecule has 5 nitrogen and oxygen atoms in total. The fourth-order valence-electron chi connectivity index (χ4n) is 4.49. The predicted octanol–water partition coefficient (Wildman–Crippen LogP) is 3.12. The number of amides is 1. The molecule has 1 unspecified atom stereocenters. The summed E-state index contributed by atoms with van der Waals surface area (Å²) in [5, 5.41) is 3.35. The van der Waals surface area contributed by atoms with Crippen LogP contribution in [0.25, 0.3) is 0 Å². The average Bonchev–Trinajstić information content (AvgIpc) is 3.24. The Morgan fingerprint density at radius 2 is 1.93 bits per heavy atom. The van der Waals surface area contributed by atoms with Crippen molar-refractivity contribution in [3.8, 4) is 0 Å². The zero-order valence-electron chi connectivity index (χ0n) is 17.3. The summed E-state index contributed by atoms with van der Waals surface area (Å²) >= 11 is 0. The van der Waals surface area contributed by atoms with Gasteiger partial charge in [-0.15, -0.1) is 12.4 Å². The topological polar surface area (TPSA) is 54.3 Å². The maximum absolute atomic E-state index is 14.4. The third kappa shape index (κ3) is 4.93. The molecule has 0 bridgehead atoms. The van der Waals surface area contributed by atoms with Crippen molar-refractivity contribution in [2.45, 2.75) is 31.6 Å². The Morgan fingerprint density at radius 3 is 2.60 bits per heavy atom. The predicted molar refractivity (Wildman–Crippen MR) is 118 cm³/mol. The Morgan fingerprint density at radius 1 is 1.17 bits per heavy atom. The molecule has 1 atom stereocenters. The van der Waals surface area contributed by atoms with Gasteiger partial charge in [0.15, 0.2) is 0 Å². The van der Waals surface area contributed by atoms with Crippen LogP contribution in [0.2, 0.25) is 0 Å². The lowest BCUT2D eigenvalue weighted by Crippen LogP contribution is -2.38. The molecule has 2 saturated heterocycles. The van der Waals surface area contributed by atoms with Crippen molar-refractivity contribution >= 4 is 18.3 Å². The highest BCUT2D eigenvalue weighted by Crippen LogP contribution is 2.28. The lowest BCUT2D eigenvalue weighted by Gasteiger charge is -2.32. The molecule has 2 aromatic rings. The zero-order chi connectivity index (χ0) is 20.4. The van der Waals surface area contributed by atoms with Crippen LogP contribution in [-0.2, 0) is 13.5 Å². The number of nitrogens with one attached hydrogen (secondary N) is 1. The number of hydrogen-bond donors (Lipinski definition) is 1. The van der Waals surface area contributed by atoms with E-state index in [0.717, 1.165) is 49.9 Å².